The van der Waals surface area contributed by atoms with Crippen LogP contribution < -0.4 is 5.73 Å². The Morgan fingerprint density at radius 3 is 2.67 bits per heavy atom. The van der Waals surface area contributed by atoms with Gasteiger partial charge in [0.15, 0.2) is 5.82 Å². The van der Waals surface area contributed by atoms with Gasteiger partial charge in [-0.15, -0.1) is 0 Å². The van der Waals surface area contributed by atoms with Gasteiger partial charge >= 0.3 is 0 Å². The van der Waals surface area contributed by atoms with Gasteiger partial charge in [0.05, 0.1) is 16.8 Å². The summed E-state index contributed by atoms with van der Waals surface area (Å²) in [6, 6.07) is 5.23. The first kappa shape index (κ1) is 13.5. The summed E-state index contributed by atoms with van der Waals surface area (Å²) < 4.78 is 32.0. The molecule has 7 heteroatoms. The molecular formula is C14H8ClF2N3O. The van der Waals surface area contributed by atoms with Crippen LogP contribution in [0, 0.1) is 11.6 Å². The van der Waals surface area contributed by atoms with E-state index in [0.29, 0.717) is 11.1 Å². The zero-order chi connectivity index (χ0) is 15.0. The Kier molecular flexibility index (Phi) is 3.31. The minimum atomic E-state index is -0.578. The molecule has 0 fully saturated rings. The summed E-state index contributed by atoms with van der Waals surface area (Å²) in [5.74, 6) is -1.10. The van der Waals surface area contributed by atoms with Crippen molar-refractivity contribution in [2.24, 2.45) is 0 Å². The second kappa shape index (κ2) is 5.14. The number of benzene rings is 1. The number of nitrogens with zero attached hydrogens (tertiary/aromatic N) is 2. The van der Waals surface area contributed by atoms with Gasteiger partial charge in [-0.25, -0.2) is 8.78 Å². The molecule has 2 aromatic heterocycles. The highest BCUT2D eigenvalue weighted by Crippen LogP contribution is 2.40. The molecule has 4 nitrogen and oxygen atoms in total. The first-order valence-corrected chi connectivity index (χ1v) is 6.26. The van der Waals surface area contributed by atoms with Crippen LogP contribution in [-0.2, 0) is 0 Å². The molecule has 1 aromatic carbocycles. The molecule has 0 aliphatic heterocycles. The van der Waals surface area contributed by atoms with Crippen molar-refractivity contribution in [2.75, 3.05) is 5.73 Å². The smallest absolute Gasteiger partial charge is 0.230 e. The van der Waals surface area contributed by atoms with Gasteiger partial charge in [0.2, 0.25) is 5.88 Å². The van der Waals surface area contributed by atoms with Crippen LogP contribution in [0.5, 0.6) is 0 Å². The molecular weight excluding hydrogens is 300 g/mol. The summed E-state index contributed by atoms with van der Waals surface area (Å²) in [7, 11) is 0. The third-order valence-electron chi connectivity index (χ3n) is 2.95. The van der Waals surface area contributed by atoms with Gasteiger partial charge in [-0.05, 0) is 24.3 Å². The molecule has 2 heterocycles. The molecule has 0 unspecified atom stereocenters. The van der Waals surface area contributed by atoms with Crippen molar-refractivity contribution in [1.82, 2.24) is 10.1 Å². The number of nitrogen functional groups attached to an aromatic ring is 1. The number of nitrogens with two attached hydrogens (primary N) is 1. The van der Waals surface area contributed by atoms with Crippen molar-refractivity contribution in [3.05, 3.63) is 53.3 Å². The fourth-order valence-corrected chi connectivity index (χ4v) is 2.27. The Labute approximate surface area is 123 Å². The third-order valence-corrected chi connectivity index (χ3v) is 3.26. The van der Waals surface area contributed by atoms with Gasteiger partial charge in [0.1, 0.15) is 11.5 Å². The molecule has 0 aliphatic rings. The highest BCUT2D eigenvalue weighted by atomic mass is 35.5. The highest BCUT2D eigenvalue weighted by Gasteiger charge is 2.21. The monoisotopic (exact) mass is 307 g/mol. The maximum atomic E-state index is 13.9. The Bertz CT molecular complexity index is 820. The van der Waals surface area contributed by atoms with E-state index in [0.717, 1.165) is 12.3 Å². The van der Waals surface area contributed by atoms with E-state index >= 15 is 0 Å². The Balaban J connectivity index is 2.25. The first-order valence-electron chi connectivity index (χ1n) is 5.88. The largest absolute Gasteiger partial charge is 0.367 e. The number of hydrogen-bond acceptors (Lipinski definition) is 4. The van der Waals surface area contributed by atoms with E-state index in [9.17, 15) is 8.78 Å². The molecule has 3 rings (SSSR count). The van der Waals surface area contributed by atoms with Crippen molar-refractivity contribution in [2.45, 2.75) is 0 Å². The normalized spacial score (nSPS) is 10.8. The van der Waals surface area contributed by atoms with E-state index < -0.39 is 11.6 Å². The van der Waals surface area contributed by atoms with Crippen LogP contribution in [0.15, 0.2) is 41.2 Å². The zero-order valence-electron chi connectivity index (χ0n) is 10.5. The lowest BCUT2D eigenvalue weighted by molar-refractivity contribution is 0.439. The Morgan fingerprint density at radius 1 is 1.14 bits per heavy atom. The van der Waals surface area contributed by atoms with Gasteiger partial charge in [0.25, 0.3) is 0 Å². The van der Waals surface area contributed by atoms with Gasteiger partial charge in [-0.3, -0.25) is 4.98 Å². The number of aromatic nitrogens is 2. The molecule has 21 heavy (non-hydrogen) atoms. The highest BCUT2D eigenvalue weighted by molar-refractivity contribution is 6.33. The van der Waals surface area contributed by atoms with E-state index in [1.807, 2.05) is 0 Å². The van der Waals surface area contributed by atoms with Crippen molar-refractivity contribution < 1.29 is 13.3 Å². The standard InChI is InChI=1S/C14H8ClF2N3O/c15-10-5-7(16)1-2-8(10)12-13(20-21-14(12)18)9-3-4-19-6-11(9)17/h1-6H,18H2. The van der Waals surface area contributed by atoms with Gasteiger partial charge in [-0.1, -0.05) is 16.8 Å². The summed E-state index contributed by atoms with van der Waals surface area (Å²) in [5, 5.41) is 3.89. The van der Waals surface area contributed by atoms with E-state index in [1.54, 1.807) is 0 Å². The molecule has 0 bridgehead atoms. The van der Waals surface area contributed by atoms with Crippen LogP contribution >= 0.6 is 11.6 Å². The molecule has 0 atom stereocenters. The van der Waals surface area contributed by atoms with E-state index in [4.69, 9.17) is 21.9 Å². The SMILES string of the molecule is Nc1onc(-c2ccncc2F)c1-c1ccc(F)cc1Cl. The first-order chi connectivity index (χ1) is 10.1. The van der Waals surface area contributed by atoms with Gasteiger partial charge in [-0.2, -0.15) is 0 Å². The fraction of sp³-hybridized carbons (Fsp3) is 0. The number of halogens is 3. The molecule has 3 aromatic rings. The van der Waals surface area contributed by atoms with Crippen LogP contribution in [0.2, 0.25) is 5.02 Å². The van der Waals surface area contributed by atoms with Crippen LogP contribution in [0.3, 0.4) is 0 Å². The summed E-state index contributed by atoms with van der Waals surface area (Å²) >= 11 is 6.02. The molecule has 0 spiro atoms. The van der Waals surface area contributed by atoms with Crippen molar-refractivity contribution in [3.63, 3.8) is 0 Å². The lowest BCUT2D eigenvalue weighted by Crippen LogP contribution is -1.92. The van der Waals surface area contributed by atoms with Crippen molar-refractivity contribution in [3.8, 4) is 22.4 Å². The topological polar surface area (TPSA) is 64.9 Å². The second-order valence-electron chi connectivity index (χ2n) is 4.25. The van der Waals surface area contributed by atoms with Crippen molar-refractivity contribution >= 4 is 17.5 Å². The lowest BCUT2D eigenvalue weighted by atomic mass is 10.0. The summed E-state index contributed by atoms with van der Waals surface area (Å²) in [6.45, 7) is 0. The van der Waals surface area contributed by atoms with Crippen LogP contribution in [0.4, 0.5) is 14.7 Å². The molecule has 0 saturated heterocycles. The predicted molar refractivity (Wildman–Crippen MR) is 74.5 cm³/mol. The van der Waals surface area contributed by atoms with E-state index in [1.165, 1.54) is 24.4 Å². The number of hydrogen-bond donors (Lipinski definition) is 1. The molecule has 0 saturated carbocycles. The minimum Gasteiger partial charge on any atom is -0.367 e. The molecule has 106 valence electrons. The van der Waals surface area contributed by atoms with Gasteiger partial charge in [0, 0.05) is 17.3 Å². The van der Waals surface area contributed by atoms with Crippen molar-refractivity contribution in [1.29, 1.82) is 0 Å². The molecule has 0 amide bonds. The Hall–Kier alpha value is -2.47. The maximum Gasteiger partial charge on any atom is 0.230 e. The van der Waals surface area contributed by atoms with Gasteiger partial charge < -0.3 is 10.3 Å². The van der Waals surface area contributed by atoms with E-state index in [-0.39, 0.29) is 22.2 Å². The molecule has 0 aliphatic carbocycles. The summed E-state index contributed by atoms with van der Waals surface area (Å²) in [5.41, 5.74) is 6.81. The third kappa shape index (κ3) is 2.34. The predicted octanol–water partition coefficient (Wildman–Crippen LogP) is 3.92. The number of anilines is 1. The van der Waals surface area contributed by atoms with E-state index in [2.05, 4.69) is 10.1 Å². The maximum absolute atomic E-state index is 13.9. The molecule has 2 N–H and O–H groups in total. The lowest BCUT2D eigenvalue weighted by Gasteiger charge is -2.06. The fourth-order valence-electron chi connectivity index (χ4n) is 2.01. The van der Waals surface area contributed by atoms with Crippen LogP contribution in [-0.4, -0.2) is 10.1 Å². The average Bonchev–Trinajstić information content (AvgIpc) is 2.81. The molecule has 0 radical (unpaired) electrons. The summed E-state index contributed by atoms with van der Waals surface area (Å²) in [6.07, 6.45) is 2.47. The minimum absolute atomic E-state index is 0.0327. The number of pyridine rings is 1. The average molecular weight is 308 g/mol. The summed E-state index contributed by atoms with van der Waals surface area (Å²) in [4.78, 5) is 3.67. The van der Waals surface area contributed by atoms with Crippen LogP contribution in [0.1, 0.15) is 0 Å². The number of rotatable bonds is 2. The Morgan fingerprint density at radius 2 is 1.95 bits per heavy atom. The quantitative estimate of drug-likeness (QED) is 0.779. The van der Waals surface area contributed by atoms with Crippen LogP contribution in [0.25, 0.3) is 22.4 Å². The zero-order valence-corrected chi connectivity index (χ0v) is 11.2. The second-order valence-corrected chi connectivity index (χ2v) is 4.66.